The summed E-state index contributed by atoms with van der Waals surface area (Å²) in [5.41, 5.74) is 2.79. The van der Waals surface area contributed by atoms with Crippen molar-refractivity contribution in [3.05, 3.63) is 65.7 Å². The van der Waals surface area contributed by atoms with Gasteiger partial charge in [-0.3, -0.25) is 9.55 Å². The molecule has 146 valence electrons. The number of nitrogens with zero attached hydrogens (tertiary/aromatic N) is 8. The monoisotopic (exact) mass is 406 g/mol. The van der Waals surface area contributed by atoms with Gasteiger partial charge in [-0.1, -0.05) is 22.9 Å². The summed E-state index contributed by atoms with van der Waals surface area (Å²) < 4.78 is 3.78. The second kappa shape index (κ2) is 7.29. The van der Waals surface area contributed by atoms with E-state index < -0.39 is 0 Å². The van der Waals surface area contributed by atoms with E-state index in [9.17, 15) is 0 Å². The summed E-state index contributed by atoms with van der Waals surface area (Å²) >= 11 is 6.11. The Bertz CT molecular complexity index is 1140. The highest BCUT2D eigenvalue weighted by Gasteiger charge is 2.32. The van der Waals surface area contributed by atoms with Gasteiger partial charge in [0, 0.05) is 36.6 Å². The van der Waals surface area contributed by atoms with Crippen molar-refractivity contribution in [2.75, 3.05) is 11.4 Å². The topological polar surface area (TPSA) is 77.5 Å². The molecule has 0 N–H and O–H groups in total. The van der Waals surface area contributed by atoms with Crippen LogP contribution in [-0.4, -0.2) is 41.3 Å². The first-order chi connectivity index (χ1) is 14.2. The van der Waals surface area contributed by atoms with Crippen LogP contribution in [-0.2, 0) is 7.05 Å². The van der Waals surface area contributed by atoms with Crippen molar-refractivity contribution in [3.8, 4) is 17.1 Å². The molecule has 0 bridgehead atoms. The quantitative estimate of drug-likeness (QED) is 0.516. The zero-order valence-corrected chi connectivity index (χ0v) is 16.6. The Labute approximate surface area is 172 Å². The molecule has 3 aromatic heterocycles. The maximum Gasteiger partial charge on any atom is 0.227 e. The van der Waals surface area contributed by atoms with E-state index in [2.05, 4.69) is 30.4 Å². The minimum Gasteiger partial charge on any atom is -0.332 e. The van der Waals surface area contributed by atoms with Gasteiger partial charge < -0.3 is 4.90 Å². The lowest BCUT2D eigenvalue weighted by molar-refractivity contribution is 0.662. The van der Waals surface area contributed by atoms with Crippen molar-refractivity contribution >= 4 is 17.5 Å². The SMILES string of the molecule is Cn1c(-c2ccncc2)nnc1N1CCC[C@@H]1c1cn(-c2cccc(Cl)c2)nn1. The van der Waals surface area contributed by atoms with Gasteiger partial charge in [0.1, 0.15) is 5.69 Å². The van der Waals surface area contributed by atoms with E-state index in [1.165, 1.54) is 0 Å². The average Bonchev–Trinajstić information content (AvgIpc) is 3.47. The second-order valence-electron chi connectivity index (χ2n) is 7.04. The van der Waals surface area contributed by atoms with E-state index in [0.29, 0.717) is 5.02 Å². The number of halogens is 1. The molecular formula is C20H19ClN8. The van der Waals surface area contributed by atoms with Gasteiger partial charge in [0.05, 0.1) is 17.9 Å². The van der Waals surface area contributed by atoms with Crippen LogP contribution in [0.3, 0.4) is 0 Å². The lowest BCUT2D eigenvalue weighted by Gasteiger charge is -2.23. The summed E-state index contributed by atoms with van der Waals surface area (Å²) in [6.45, 7) is 0.900. The van der Waals surface area contributed by atoms with Crippen molar-refractivity contribution < 1.29 is 0 Å². The van der Waals surface area contributed by atoms with Gasteiger partial charge in [0.25, 0.3) is 0 Å². The number of pyridine rings is 1. The first kappa shape index (κ1) is 17.8. The lowest BCUT2D eigenvalue weighted by atomic mass is 10.1. The molecule has 0 unspecified atom stereocenters. The van der Waals surface area contributed by atoms with Crippen LogP contribution in [0.5, 0.6) is 0 Å². The third kappa shape index (κ3) is 3.25. The maximum absolute atomic E-state index is 6.11. The Kier molecular flexibility index (Phi) is 4.48. The zero-order chi connectivity index (χ0) is 19.8. The Morgan fingerprint density at radius 3 is 2.76 bits per heavy atom. The molecule has 1 saturated heterocycles. The Morgan fingerprint density at radius 1 is 1.07 bits per heavy atom. The molecule has 4 aromatic rings. The van der Waals surface area contributed by atoms with Crippen LogP contribution < -0.4 is 4.90 Å². The molecule has 4 heterocycles. The summed E-state index contributed by atoms with van der Waals surface area (Å²) in [6.07, 6.45) is 7.54. The molecule has 0 aliphatic carbocycles. The average molecular weight is 407 g/mol. The van der Waals surface area contributed by atoms with E-state index in [4.69, 9.17) is 11.6 Å². The molecule has 9 heteroatoms. The number of hydrogen-bond donors (Lipinski definition) is 0. The van der Waals surface area contributed by atoms with Crippen LogP contribution >= 0.6 is 11.6 Å². The summed E-state index contributed by atoms with van der Waals surface area (Å²) in [7, 11) is 1.99. The number of hydrogen-bond acceptors (Lipinski definition) is 6. The minimum absolute atomic E-state index is 0.108. The Hall–Kier alpha value is -3.26. The molecule has 1 aromatic carbocycles. The van der Waals surface area contributed by atoms with Crippen molar-refractivity contribution in [1.82, 2.24) is 34.7 Å². The molecule has 29 heavy (non-hydrogen) atoms. The summed E-state index contributed by atoms with van der Waals surface area (Å²) in [6, 6.07) is 11.6. The Morgan fingerprint density at radius 2 is 1.93 bits per heavy atom. The second-order valence-corrected chi connectivity index (χ2v) is 7.47. The standard InChI is InChI=1S/C20H19ClN8/c1-27-19(14-7-9-22-10-8-14)24-25-20(27)28-11-3-6-18(28)17-13-29(26-23-17)16-5-2-4-15(21)12-16/h2,4-5,7-10,12-13,18H,3,6,11H2,1H3/t18-/m1/s1. The highest BCUT2D eigenvalue weighted by atomic mass is 35.5. The summed E-state index contributed by atoms with van der Waals surface area (Å²) in [5.74, 6) is 1.65. The fourth-order valence-corrected chi connectivity index (χ4v) is 4.00. The Balaban J connectivity index is 1.45. The molecule has 0 saturated carbocycles. The van der Waals surface area contributed by atoms with Crippen molar-refractivity contribution in [3.63, 3.8) is 0 Å². The fourth-order valence-electron chi connectivity index (χ4n) is 3.81. The highest BCUT2D eigenvalue weighted by Crippen LogP contribution is 2.35. The minimum atomic E-state index is 0.108. The number of benzene rings is 1. The molecule has 0 spiro atoms. The van der Waals surface area contributed by atoms with Crippen molar-refractivity contribution in [2.24, 2.45) is 7.05 Å². The van der Waals surface area contributed by atoms with Gasteiger partial charge in [-0.2, -0.15) is 0 Å². The van der Waals surface area contributed by atoms with Crippen LogP contribution in [0.4, 0.5) is 5.95 Å². The lowest BCUT2D eigenvalue weighted by Crippen LogP contribution is -2.25. The summed E-state index contributed by atoms with van der Waals surface area (Å²) in [4.78, 5) is 6.33. The molecule has 5 rings (SSSR count). The maximum atomic E-state index is 6.11. The number of anilines is 1. The molecule has 0 amide bonds. The predicted octanol–water partition coefficient (Wildman–Crippen LogP) is 3.45. The smallest absolute Gasteiger partial charge is 0.227 e. The largest absolute Gasteiger partial charge is 0.332 e. The normalized spacial score (nSPS) is 16.5. The van der Waals surface area contributed by atoms with Crippen LogP contribution in [0.1, 0.15) is 24.6 Å². The van der Waals surface area contributed by atoms with E-state index in [1.54, 1.807) is 17.1 Å². The van der Waals surface area contributed by atoms with Gasteiger partial charge in [-0.25, -0.2) is 4.68 Å². The van der Waals surface area contributed by atoms with Gasteiger partial charge in [-0.05, 0) is 43.2 Å². The molecule has 1 aliphatic heterocycles. The third-order valence-corrected chi connectivity index (χ3v) is 5.46. The third-order valence-electron chi connectivity index (χ3n) is 5.23. The molecule has 1 fully saturated rings. The van der Waals surface area contributed by atoms with E-state index in [1.807, 2.05) is 54.2 Å². The van der Waals surface area contributed by atoms with Gasteiger partial charge in [0.2, 0.25) is 5.95 Å². The van der Waals surface area contributed by atoms with Crippen LogP contribution in [0, 0.1) is 0 Å². The van der Waals surface area contributed by atoms with Crippen LogP contribution in [0.2, 0.25) is 5.02 Å². The summed E-state index contributed by atoms with van der Waals surface area (Å²) in [5, 5.41) is 18.3. The first-order valence-corrected chi connectivity index (χ1v) is 9.83. The molecular weight excluding hydrogens is 388 g/mol. The van der Waals surface area contributed by atoms with Gasteiger partial charge >= 0.3 is 0 Å². The van der Waals surface area contributed by atoms with Gasteiger partial charge in [-0.15, -0.1) is 15.3 Å². The van der Waals surface area contributed by atoms with E-state index >= 15 is 0 Å². The highest BCUT2D eigenvalue weighted by molar-refractivity contribution is 6.30. The van der Waals surface area contributed by atoms with Crippen LogP contribution in [0.25, 0.3) is 17.1 Å². The molecule has 1 atom stereocenters. The molecule has 1 aliphatic rings. The van der Waals surface area contributed by atoms with Crippen molar-refractivity contribution in [2.45, 2.75) is 18.9 Å². The van der Waals surface area contributed by atoms with Crippen molar-refractivity contribution in [1.29, 1.82) is 0 Å². The van der Waals surface area contributed by atoms with E-state index in [-0.39, 0.29) is 6.04 Å². The van der Waals surface area contributed by atoms with Gasteiger partial charge in [0.15, 0.2) is 5.82 Å². The molecule has 8 nitrogen and oxygen atoms in total. The zero-order valence-electron chi connectivity index (χ0n) is 15.9. The number of rotatable bonds is 4. The molecule has 0 radical (unpaired) electrons. The first-order valence-electron chi connectivity index (χ1n) is 9.45. The fraction of sp³-hybridized carbons (Fsp3) is 0.250. The van der Waals surface area contributed by atoms with E-state index in [0.717, 1.165) is 48.1 Å². The van der Waals surface area contributed by atoms with Crippen LogP contribution in [0.15, 0.2) is 55.0 Å². The number of aromatic nitrogens is 7. The predicted molar refractivity (Wildman–Crippen MR) is 110 cm³/mol.